The fraction of sp³-hybridized carbons (Fsp3) is 0.368. The molecule has 0 bridgehead atoms. The zero-order valence-electron chi connectivity index (χ0n) is 13.0. The average Bonchev–Trinajstić information content (AvgIpc) is 2.61. The van der Waals surface area contributed by atoms with E-state index < -0.39 is 0 Å². The average molecular weight is 297 g/mol. The van der Waals surface area contributed by atoms with Gasteiger partial charge in [-0.05, 0) is 49.2 Å². The second-order valence-corrected chi connectivity index (χ2v) is 5.65. The third-order valence-corrected chi connectivity index (χ3v) is 4.14. The van der Waals surface area contributed by atoms with Crippen molar-refractivity contribution in [1.29, 1.82) is 0 Å². The molecule has 0 aromatic heterocycles. The molecule has 1 fully saturated rings. The first-order chi connectivity index (χ1) is 10.9. The summed E-state index contributed by atoms with van der Waals surface area (Å²) in [5.41, 5.74) is 2.37. The van der Waals surface area contributed by atoms with Crippen molar-refractivity contribution in [2.75, 3.05) is 20.2 Å². The van der Waals surface area contributed by atoms with Crippen LogP contribution < -0.4 is 10.1 Å². The van der Waals surface area contributed by atoms with Gasteiger partial charge in [-0.2, -0.15) is 0 Å². The maximum absolute atomic E-state index is 6.46. The number of benzene rings is 2. The Morgan fingerprint density at radius 2 is 1.55 bits per heavy atom. The molecule has 1 saturated heterocycles. The van der Waals surface area contributed by atoms with E-state index in [1.807, 2.05) is 18.2 Å². The molecule has 1 heterocycles. The van der Waals surface area contributed by atoms with Crippen LogP contribution in [-0.2, 0) is 4.74 Å². The van der Waals surface area contributed by atoms with Gasteiger partial charge < -0.3 is 14.8 Å². The Morgan fingerprint density at radius 1 is 0.909 bits per heavy atom. The number of hydrogen-bond acceptors (Lipinski definition) is 3. The van der Waals surface area contributed by atoms with Gasteiger partial charge in [-0.25, -0.2) is 0 Å². The van der Waals surface area contributed by atoms with Crippen molar-refractivity contribution >= 4 is 0 Å². The predicted octanol–water partition coefficient (Wildman–Crippen LogP) is 3.55. The monoisotopic (exact) mass is 297 g/mol. The minimum Gasteiger partial charge on any atom is -0.497 e. The van der Waals surface area contributed by atoms with Crippen molar-refractivity contribution in [3.8, 4) is 5.75 Å². The molecule has 2 aromatic rings. The van der Waals surface area contributed by atoms with Crippen LogP contribution in [0.1, 0.15) is 30.1 Å². The number of piperidine rings is 1. The van der Waals surface area contributed by atoms with Crippen LogP contribution in [0.4, 0.5) is 0 Å². The summed E-state index contributed by atoms with van der Waals surface area (Å²) in [6.07, 6.45) is 2.43. The summed E-state index contributed by atoms with van der Waals surface area (Å²) in [7, 11) is 1.69. The summed E-state index contributed by atoms with van der Waals surface area (Å²) in [5, 5.41) is 3.39. The van der Waals surface area contributed by atoms with Crippen LogP contribution in [0.15, 0.2) is 54.6 Å². The van der Waals surface area contributed by atoms with Crippen molar-refractivity contribution in [3.05, 3.63) is 65.7 Å². The lowest BCUT2D eigenvalue weighted by Gasteiger charge is -2.28. The highest BCUT2D eigenvalue weighted by molar-refractivity contribution is 5.34. The Hall–Kier alpha value is -1.84. The zero-order chi connectivity index (χ0) is 15.2. The molecule has 1 unspecified atom stereocenters. The second-order valence-electron chi connectivity index (χ2n) is 5.65. The molecule has 1 atom stereocenters. The van der Waals surface area contributed by atoms with Crippen molar-refractivity contribution < 1.29 is 9.47 Å². The summed E-state index contributed by atoms with van der Waals surface area (Å²) in [4.78, 5) is 0. The van der Waals surface area contributed by atoms with E-state index in [0.29, 0.717) is 6.10 Å². The highest BCUT2D eigenvalue weighted by atomic mass is 16.5. The molecular formula is C19H23NO2. The van der Waals surface area contributed by atoms with E-state index in [0.717, 1.165) is 31.7 Å². The van der Waals surface area contributed by atoms with Crippen LogP contribution in [0, 0.1) is 0 Å². The van der Waals surface area contributed by atoms with Gasteiger partial charge in [0, 0.05) is 0 Å². The molecule has 3 rings (SSSR count). The summed E-state index contributed by atoms with van der Waals surface area (Å²) in [6, 6.07) is 18.6. The zero-order valence-corrected chi connectivity index (χ0v) is 13.0. The third-order valence-electron chi connectivity index (χ3n) is 4.14. The van der Waals surface area contributed by atoms with Gasteiger partial charge in [-0.3, -0.25) is 0 Å². The number of ether oxygens (including phenoxy) is 2. The molecule has 3 heteroatoms. The van der Waals surface area contributed by atoms with E-state index in [1.165, 1.54) is 11.1 Å². The van der Waals surface area contributed by atoms with Crippen LogP contribution in [0.2, 0.25) is 0 Å². The first-order valence-corrected chi connectivity index (χ1v) is 7.92. The molecule has 3 nitrogen and oxygen atoms in total. The minimum atomic E-state index is -0.0183. The SMILES string of the molecule is COc1ccc(C(OC2CCNCC2)c2ccccc2)cc1. The number of hydrogen-bond donors (Lipinski definition) is 1. The van der Waals surface area contributed by atoms with Crippen LogP contribution in [-0.4, -0.2) is 26.3 Å². The maximum atomic E-state index is 6.46. The summed E-state index contributed by atoms with van der Waals surface area (Å²) < 4.78 is 11.7. The maximum Gasteiger partial charge on any atom is 0.118 e. The molecule has 2 aromatic carbocycles. The number of nitrogens with one attached hydrogen (secondary N) is 1. The minimum absolute atomic E-state index is 0.0183. The van der Waals surface area contributed by atoms with Gasteiger partial charge in [0.25, 0.3) is 0 Å². The normalized spacial score (nSPS) is 17.1. The van der Waals surface area contributed by atoms with Gasteiger partial charge in [0.15, 0.2) is 0 Å². The lowest BCUT2D eigenvalue weighted by Crippen LogP contribution is -2.33. The molecule has 0 amide bonds. The molecule has 0 spiro atoms. The topological polar surface area (TPSA) is 30.5 Å². The van der Waals surface area contributed by atoms with Crippen LogP contribution in [0.25, 0.3) is 0 Å². The third kappa shape index (κ3) is 3.67. The van der Waals surface area contributed by atoms with Crippen molar-refractivity contribution in [2.45, 2.75) is 25.0 Å². The smallest absolute Gasteiger partial charge is 0.118 e. The van der Waals surface area contributed by atoms with Crippen molar-refractivity contribution in [3.63, 3.8) is 0 Å². The molecule has 0 aliphatic carbocycles. The summed E-state index contributed by atoms with van der Waals surface area (Å²) in [5.74, 6) is 0.873. The van der Waals surface area contributed by atoms with Gasteiger partial charge in [-0.15, -0.1) is 0 Å². The lowest BCUT2D eigenvalue weighted by atomic mass is 10.00. The van der Waals surface area contributed by atoms with Crippen LogP contribution >= 0.6 is 0 Å². The lowest BCUT2D eigenvalue weighted by molar-refractivity contribution is -0.00806. The van der Waals surface area contributed by atoms with E-state index in [-0.39, 0.29) is 6.10 Å². The Morgan fingerprint density at radius 3 is 2.18 bits per heavy atom. The molecule has 116 valence electrons. The highest BCUT2D eigenvalue weighted by Crippen LogP contribution is 2.30. The first kappa shape index (κ1) is 15.1. The summed E-state index contributed by atoms with van der Waals surface area (Å²) in [6.45, 7) is 2.07. The van der Waals surface area contributed by atoms with Crippen LogP contribution in [0.5, 0.6) is 5.75 Å². The van der Waals surface area contributed by atoms with Crippen LogP contribution in [0.3, 0.4) is 0 Å². The number of methoxy groups -OCH3 is 1. The Bertz CT molecular complexity index is 562. The van der Waals surface area contributed by atoms with Gasteiger partial charge in [0.2, 0.25) is 0 Å². The molecule has 0 radical (unpaired) electrons. The Labute approximate surface area is 132 Å². The molecule has 1 aliphatic rings. The van der Waals surface area contributed by atoms with Gasteiger partial charge >= 0.3 is 0 Å². The fourth-order valence-corrected chi connectivity index (χ4v) is 2.88. The van der Waals surface area contributed by atoms with Gasteiger partial charge in [0.05, 0.1) is 13.2 Å². The van der Waals surface area contributed by atoms with E-state index in [1.54, 1.807) is 7.11 Å². The van der Waals surface area contributed by atoms with Crippen molar-refractivity contribution in [2.24, 2.45) is 0 Å². The Kier molecular flexibility index (Phi) is 5.09. The fourth-order valence-electron chi connectivity index (χ4n) is 2.88. The predicted molar refractivity (Wildman–Crippen MR) is 88.3 cm³/mol. The summed E-state index contributed by atoms with van der Waals surface area (Å²) >= 11 is 0. The molecule has 0 saturated carbocycles. The largest absolute Gasteiger partial charge is 0.497 e. The van der Waals surface area contributed by atoms with E-state index in [2.05, 4.69) is 41.7 Å². The second kappa shape index (κ2) is 7.43. The van der Waals surface area contributed by atoms with E-state index >= 15 is 0 Å². The van der Waals surface area contributed by atoms with E-state index in [9.17, 15) is 0 Å². The Balaban J connectivity index is 1.84. The van der Waals surface area contributed by atoms with Crippen molar-refractivity contribution in [1.82, 2.24) is 5.32 Å². The quantitative estimate of drug-likeness (QED) is 0.915. The first-order valence-electron chi connectivity index (χ1n) is 7.92. The number of rotatable bonds is 5. The van der Waals surface area contributed by atoms with E-state index in [4.69, 9.17) is 9.47 Å². The molecule has 1 aliphatic heterocycles. The molecule has 1 N–H and O–H groups in total. The molecular weight excluding hydrogens is 274 g/mol. The highest BCUT2D eigenvalue weighted by Gasteiger charge is 2.21. The standard InChI is InChI=1S/C19H23NO2/c1-21-17-9-7-16(8-10-17)19(15-5-3-2-4-6-15)22-18-11-13-20-14-12-18/h2-10,18-20H,11-14H2,1H3. The van der Waals surface area contributed by atoms with Gasteiger partial charge in [-0.1, -0.05) is 42.5 Å². The van der Waals surface area contributed by atoms with Gasteiger partial charge in [0.1, 0.15) is 11.9 Å². The molecule has 22 heavy (non-hydrogen) atoms.